The zero-order valence-corrected chi connectivity index (χ0v) is 33.0. The van der Waals surface area contributed by atoms with Gasteiger partial charge in [0, 0.05) is 36.7 Å². The highest BCUT2D eigenvalue weighted by atomic mass is 127. The van der Waals surface area contributed by atoms with Crippen molar-refractivity contribution in [2.45, 2.75) is 26.8 Å². The Morgan fingerprint density at radius 1 is 0.745 bits per heavy atom. The lowest BCUT2D eigenvalue weighted by Gasteiger charge is -2.15. The Morgan fingerprint density at radius 3 is 2.20 bits per heavy atom. The van der Waals surface area contributed by atoms with Gasteiger partial charge in [0.05, 0.1) is 38.3 Å². The summed E-state index contributed by atoms with van der Waals surface area (Å²) in [6.07, 6.45) is 0. The van der Waals surface area contributed by atoms with Crippen molar-refractivity contribution in [3.8, 4) is 40.0 Å². The van der Waals surface area contributed by atoms with Crippen molar-refractivity contribution < 1.29 is 4.42 Å². The molecule has 8 rings (SSSR count). The van der Waals surface area contributed by atoms with Crippen molar-refractivity contribution in [1.82, 2.24) is 9.97 Å². The molecule has 0 spiro atoms. The summed E-state index contributed by atoms with van der Waals surface area (Å²) in [4.78, 5) is 15.6. The first-order valence-corrected chi connectivity index (χ1v) is 21.7. The van der Waals surface area contributed by atoms with E-state index in [0.29, 0.717) is 17.0 Å². The summed E-state index contributed by atoms with van der Waals surface area (Å²) in [5.41, 5.74) is 18.5. The topological polar surface area (TPSA) is 101 Å². The van der Waals surface area contributed by atoms with Crippen LogP contribution in [0.5, 0.6) is 0 Å². The van der Waals surface area contributed by atoms with Crippen LogP contribution in [0.2, 0.25) is 0 Å². The number of hydrogen-bond donors (Lipinski definition) is 1. The molecule has 0 fully saturated rings. The first-order valence-electron chi connectivity index (χ1n) is 18.0. The molecule has 2 aromatic heterocycles. The monoisotopic (exact) mass is 827 g/mol. The number of rotatable bonds is 8. The Morgan fingerprint density at radius 2 is 1.44 bits per heavy atom. The number of benzene rings is 6. The summed E-state index contributed by atoms with van der Waals surface area (Å²) in [5.74, 6) is 0.541. The first kappa shape index (κ1) is 35.8. The van der Waals surface area contributed by atoms with E-state index in [-0.39, 0.29) is 6.04 Å². The van der Waals surface area contributed by atoms with Crippen LogP contribution in [-0.2, 0) is 0 Å². The van der Waals surface area contributed by atoms with Crippen LogP contribution >= 0.6 is 18.9 Å². The molecule has 0 aliphatic rings. The van der Waals surface area contributed by atoms with Gasteiger partial charge < -0.3 is 4.42 Å². The van der Waals surface area contributed by atoms with Crippen LogP contribution in [0, 0.1) is 25.2 Å². The zero-order valence-electron chi connectivity index (χ0n) is 30.8. The number of nitriles is 1. The van der Waals surface area contributed by atoms with E-state index in [1.165, 1.54) is 0 Å². The summed E-state index contributed by atoms with van der Waals surface area (Å²) in [7, 11) is 0. The van der Waals surface area contributed by atoms with Gasteiger partial charge in [-0.2, -0.15) is 5.26 Å². The lowest BCUT2D eigenvalue weighted by Crippen LogP contribution is -2.13. The minimum absolute atomic E-state index is 0.0457. The molecule has 6 aromatic carbocycles. The summed E-state index contributed by atoms with van der Waals surface area (Å²) >= 11 is -2.42. The molecule has 2 heterocycles. The van der Waals surface area contributed by atoms with E-state index in [0.717, 1.165) is 79.6 Å². The molecule has 7 heteroatoms. The highest BCUT2D eigenvalue weighted by molar-refractivity contribution is 14.2. The Hall–Kier alpha value is -6.21. The number of aryl methyl sites for hydroxylation is 1. The third-order valence-electron chi connectivity index (χ3n) is 9.89. The van der Waals surface area contributed by atoms with E-state index in [2.05, 4.69) is 68.4 Å². The fraction of sp³-hybridized carbons (Fsp3) is 0.0833. The van der Waals surface area contributed by atoms with Crippen molar-refractivity contribution in [3.63, 3.8) is 0 Å². The number of hydrogen-bond acceptors (Lipinski definition) is 6. The third kappa shape index (κ3) is 6.98. The molecule has 2 N–H and O–H groups in total. The smallest absolute Gasteiger partial charge is 0.164 e. The number of aliphatic imine (C=N–C) groups is 1. The molecule has 0 amide bonds. The van der Waals surface area contributed by atoms with Gasteiger partial charge in [-0.1, -0.05) is 133 Å². The van der Waals surface area contributed by atoms with Crippen molar-refractivity contribution in [2.75, 3.05) is 0 Å². The minimum atomic E-state index is -2.42. The van der Waals surface area contributed by atoms with E-state index < -0.39 is 18.9 Å². The Bertz CT molecular complexity index is 2900. The molecule has 0 saturated carbocycles. The maximum atomic E-state index is 9.70. The lowest BCUT2D eigenvalue weighted by molar-refractivity contribution is 0.669. The molecule has 268 valence electrons. The molecule has 0 saturated heterocycles. The predicted molar refractivity (Wildman–Crippen MR) is 237 cm³/mol. The number of nitrogens with zero attached hydrogens (tertiary/aromatic N) is 4. The molecule has 1 unspecified atom stereocenters. The van der Waals surface area contributed by atoms with Gasteiger partial charge in [-0.05, 0) is 73.9 Å². The second-order valence-electron chi connectivity index (χ2n) is 13.5. The second kappa shape index (κ2) is 15.3. The van der Waals surface area contributed by atoms with Crippen LogP contribution in [0.15, 0.2) is 155 Å². The highest BCUT2D eigenvalue weighted by Gasteiger charge is 2.21. The SMILES string of the molecule is C=I(C(=NC(C)c1ccccc1)c1ccccc1)=C(N)c1ccc2oc3c(-c4nc(-c5cccc(C#N)c5)c(C)c(-c5ccccc5C)n4)cccc3c2c1. The van der Waals surface area contributed by atoms with Crippen molar-refractivity contribution in [1.29, 1.82) is 5.26 Å². The Labute approximate surface area is 327 Å². The van der Waals surface area contributed by atoms with Crippen LogP contribution in [0.25, 0.3) is 55.8 Å². The molecule has 1 atom stereocenters. The van der Waals surface area contributed by atoms with E-state index in [4.69, 9.17) is 29.6 Å². The van der Waals surface area contributed by atoms with Gasteiger partial charge >= 0.3 is 0 Å². The van der Waals surface area contributed by atoms with Gasteiger partial charge in [0.25, 0.3) is 0 Å². The standard InChI is InChI=1S/C48H38IN5O/c1-30-15-11-12-22-38(30)44-31(2)43(36-21-13-16-33(27-36)29-50)53-48(54-44)40-24-14-23-39-41-28-37(25-26-42(41)55-45(39)40)46(51)49(4)47(35-19-9-6-10-20-35)52-32(3)34-17-7-5-8-18-34/h5-28,32H,4,51H2,1-3H3. The van der Waals surface area contributed by atoms with Crippen LogP contribution < -0.4 is 5.73 Å². The van der Waals surface area contributed by atoms with E-state index in [9.17, 15) is 5.26 Å². The molecule has 0 radical (unpaired) electrons. The van der Waals surface area contributed by atoms with Crippen LogP contribution in [0.4, 0.5) is 0 Å². The summed E-state index contributed by atoms with van der Waals surface area (Å²) in [5, 5.41) is 11.6. The lowest BCUT2D eigenvalue weighted by atomic mass is 9.97. The van der Waals surface area contributed by atoms with E-state index in [1.54, 1.807) is 6.07 Å². The molecular formula is C48H38IN5O. The number of para-hydroxylation sites is 1. The van der Waals surface area contributed by atoms with Crippen molar-refractivity contribution >= 4 is 52.7 Å². The van der Waals surface area contributed by atoms with Gasteiger partial charge in [0.15, 0.2) is 5.82 Å². The van der Waals surface area contributed by atoms with Gasteiger partial charge in [-0.15, -0.1) is 0 Å². The molecule has 6 nitrogen and oxygen atoms in total. The van der Waals surface area contributed by atoms with E-state index in [1.807, 2.05) is 97.9 Å². The maximum absolute atomic E-state index is 9.70. The van der Waals surface area contributed by atoms with E-state index >= 15 is 0 Å². The number of aromatic nitrogens is 2. The second-order valence-corrected chi connectivity index (χ2v) is 17.7. The van der Waals surface area contributed by atoms with Crippen LogP contribution in [-0.4, -0.2) is 21.8 Å². The quantitative estimate of drug-likeness (QED) is 0.121. The summed E-state index contributed by atoms with van der Waals surface area (Å²) in [6, 6.07) is 50.8. The fourth-order valence-corrected chi connectivity index (χ4v) is 10.4. The molecule has 8 aromatic rings. The fourth-order valence-electron chi connectivity index (χ4n) is 6.92. The summed E-state index contributed by atoms with van der Waals surface area (Å²) in [6.45, 7) is 6.25. The average molecular weight is 828 g/mol. The summed E-state index contributed by atoms with van der Waals surface area (Å²) < 4.78 is 13.1. The van der Waals surface area contributed by atoms with Crippen LogP contribution in [0.1, 0.15) is 46.3 Å². The van der Waals surface area contributed by atoms with Gasteiger partial charge in [-0.25, -0.2) is 9.97 Å². The average Bonchev–Trinajstić information content (AvgIpc) is 3.61. The number of nitrogens with two attached hydrogens (primary N) is 1. The van der Waals surface area contributed by atoms with Crippen molar-refractivity contribution in [2.24, 2.45) is 10.7 Å². The van der Waals surface area contributed by atoms with Gasteiger partial charge in [0.1, 0.15) is 11.2 Å². The predicted octanol–water partition coefficient (Wildman–Crippen LogP) is 11.4. The number of halogens is 1. The largest absolute Gasteiger partial charge is 0.455 e. The number of furan rings is 1. The molecular weight excluding hydrogens is 789 g/mol. The number of fused-ring (bicyclic) bond motifs is 3. The molecule has 0 bridgehead atoms. The minimum Gasteiger partial charge on any atom is -0.455 e. The Kier molecular flexibility index (Phi) is 9.94. The van der Waals surface area contributed by atoms with Gasteiger partial charge in [0.2, 0.25) is 0 Å². The van der Waals surface area contributed by atoms with Gasteiger partial charge in [-0.3, -0.25) is 10.7 Å². The first-order chi connectivity index (χ1) is 26.8. The Balaban J connectivity index is 1.28. The van der Waals surface area contributed by atoms with Crippen LogP contribution in [0.3, 0.4) is 0 Å². The highest BCUT2D eigenvalue weighted by Crippen LogP contribution is 2.39. The molecule has 55 heavy (non-hydrogen) atoms. The zero-order chi connectivity index (χ0) is 38.1. The van der Waals surface area contributed by atoms with Crippen molar-refractivity contribution in [3.05, 3.63) is 179 Å². The normalized spacial score (nSPS) is 13.1. The molecule has 0 aliphatic heterocycles. The maximum Gasteiger partial charge on any atom is 0.164 e. The molecule has 0 aliphatic carbocycles. The third-order valence-corrected chi connectivity index (χ3v) is 14.0.